The van der Waals surface area contributed by atoms with Crippen molar-refractivity contribution >= 4 is 29.4 Å². The highest BCUT2D eigenvalue weighted by Gasteiger charge is 2.24. The Hall–Kier alpha value is -3.28. The number of hydrogen-bond donors (Lipinski definition) is 2. The van der Waals surface area contributed by atoms with Gasteiger partial charge in [-0.05, 0) is 73.6 Å². The summed E-state index contributed by atoms with van der Waals surface area (Å²) in [7, 11) is 0. The van der Waals surface area contributed by atoms with E-state index in [-0.39, 0.29) is 18.7 Å². The van der Waals surface area contributed by atoms with Crippen LogP contribution in [0.25, 0.3) is 6.08 Å². The first-order chi connectivity index (χ1) is 17.4. The van der Waals surface area contributed by atoms with Gasteiger partial charge in [-0.3, -0.25) is 0 Å². The molecule has 1 saturated carbocycles. The molecule has 0 aromatic heterocycles. The number of carbonyl (C=O) groups excluding carboxylic acids is 2. The second-order valence-corrected chi connectivity index (χ2v) is 9.77. The van der Waals surface area contributed by atoms with Crippen LogP contribution in [0.3, 0.4) is 0 Å². The summed E-state index contributed by atoms with van der Waals surface area (Å²) in [5, 5.41) is 0. The minimum absolute atomic E-state index is 0.0113. The maximum Gasteiger partial charge on any atom is 0.338 e. The second-order valence-electron chi connectivity index (χ2n) is 9.77. The van der Waals surface area contributed by atoms with E-state index in [9.17, 15) is 9.59 Å². The lowest BCUT2D eigenvalue weighted by molar-refractivity contribution is -0.138. The number of carbonyl (C=O) groups is 2. The summed E-state index contributed by atoms with van der Waals surface area (Å²) in [6, 6.07) is 12.1. The first kappa shape index (κ1) is 27.3. The van der Waals surface area contributed by atoms with E-state index in [2.05, 4.69) is 6.92 Å². The quantitative estimate of drug-likeness (QED) is 0.148. The molecule has 1 fully saturated rings. The zero-order valence-electron chi connectivity index (χ0n) is 21.4. The van der Waals surface area contributed by atoms with Crippen LogP contribution in [-0.2, 0) is 20.9 Å². The largest absolute Gasteiger partial charge is 0.459 e. The summed E-state index contributed by atoms with van der Waals surface area (Å²) < 4.78 is 11.0. The lowest BCUT2D eigenvalue weighted by Crippen LogP contribution is -2.24. The van der Waals surface area contributed by atoms with E-state index < -0.39 is 5.97 Å². The number of ether oxygens (including phenoxy) is 2. The number of benzene rings is 2. The van der Waals surface area contributed by atoms with Crippen molar-refractivity contribution in [2.45, 2.75) is 83.8 Å². The Labute approximate surface area is 215 Å². The Balaban J connectivity index is 1.38. The van der Waals surface area contributed by atoms with E-state index in [4.69, 9.17) is 20.9 Å². The van der Waals surface area contributed by atoms with Crippen LogP contribution in [0.4, 0.5) is 11.4 Å². The standard InChI is InChI=1S/C30H40N2O4/c1-2-3-4-5-6-7-22-10-16-27(17-11-22)36-30(34)24-13-8-23(9-14-24)12-19-29(33)35-21-25-20-26(31)15-18-28(25)32/h8-9,12-15,18-20,22,27H,2-7,10-11,16-17,21,31-32H2,1H3. The minimum atomic E-state index is -0.489. The number of unbranched alkanes of at least 4 members (excludes halogenated alkanes) is 4. The molecule has 0 spiro atoms. The number of hydrogen-bond acceptors (Lipinski definition) is 6. The average Bonchev–Trinajstić information content (AvgIpc) is 2.89. The van der Waals surface area contributed by atoms with Crippen molar-refractivity contribution in [3.05, 3.63) is 65.2 Å². The third kappa shape index (κ3) is 9.06. The van der Waals surface area contributed by atoms with Crippen molar-refractivity contribution in [3.63, 3.8) is 0 Å². The highest BCUT2D eigenvalue weighted by Crippen LogP contribution is 2.30. The normalized spacial score (nSPS) is 17.7. The molecule has 0 atom stereocenters. The second kappa shape index (κ2) is 14.3. The molecular formula is C30H40N2O4. The van der Waals surface area contributed by atoms with Gasteiger partial charge >= 0.3 is 11.9 Å². The summed E-state index contributed by atoms with van der Waals surface area (Å²) in [6.45, 7) is 2.29. The maximum absolute atomic E-state index is 12.6. The van der Waals surface area contributed by atoms with Crippen LogP contribution in [0.15, 0.2) is 48.5 Å². The number of nitrogens with two attached hydrogens (primary N) is 2. The van der Waals surface area contributed by atoms with Gasteiger partial charge < -0.3 is 20.9 Å². The zero-order chi connectivity index (χ0) is 25.8. The van der Waals surface area contributed by atoms with Gasteiger partial charge in [0.2, 0.25) is 0 Å². The fourth-order valence-electron chi connectivity index (χ4n) is 4.64. The Morgan fingerprint density at radius 2 is 1.67 bits per heavy atom. The zero-order valence-corrected chi connectivity index (χ0v) is 21.4. The topological polar surface area (TPSA) is 105 Å². The van der Waals surface area contributed by atoms with E-state index in [0.29, 0.717) is 22.5 Å². The number of anilines is 2. The molecule has 0 saturated heterocycles. The lowest BCUT2D eigenvalue weighted by atomic mass is 9.84. The van der Waals surface area contributed by atoms with Gasteiger partial charge in [0.1, 0.15) is 12.7 Å². The first-order valence-electron chi connectivity index (χ1n) is 13.2. The van der Waals surface area contributed by atoms with Gasteiger partial charge in [-0.15, -0.1) is 0 Å². The van der Waals surface area contributed by atoms with E-state index in [0.717, 1.165) is 37.2 Å². The number of nitrogen functional groups attached to an aromatic ring is 2. The minimum Gasteiger partial charge on any atom is -0.459 e. The fraction of sp³-hybridized carbons (Fsp3) is 0.467. The highest BCUT2D eigenvalue weighted by molar-refractivity contribution is 5.90. The van der Waals surface area contributed by atoms with Gasteiger partial charge in [0.25, 0.3) is 0 Å². The number of esters is 2. The monoisotopic (exact) mass is 492 g/mol. The molecule has 0 heterocycles. The van der Waals surface area contributed by atoms with Gasteiger partial charge in [0, 0.05) is 23.0 Å². The molecule has 0 unspecified atom stereocenters. The van der Waals surface area contributed by atoms with Gasteiger partial charge in [0.05, 0.1) is 5.56 Å². The summed E-state index contributed by atoms with van der Waals surface area (Å²) in [5.74, 6) is 0.00655. The molecule has 194 valence electrons. The van der Waals surface area contributed by atoms with E-state index in [1.165, 1.54) is 44.6 Å². The van der Waals surface area contributed by atoms with Crippen molar-refractivity contribution in [3.8, 4) is 0 Å². The molecule has 6 nitrogen and oxygen atoms in total. The van der Waals surface area contributed by atoms with Crippen LogP contribution in [0.5, 0.6) is 0 Å². The van der Waals surface area contributed by atoms with Crippen LogP contribution in [0, 0.1) is 5.92 Å². The van der Waals surface area contributed by atoms with Crippen molar-refractivity contribution < 1.29 is 19.1 Å². The molecule has 1 aliphatic rings. The van der Waals surface area contributed by atoms with Gasteiger partial charge in [-0.2, -0.15) is 0 Å². The molecule has 0 bridgehead atoms. The van der Waals surface area contributed by atoms with Crippen molar-refractivity contribution in [2.24, 2.45) is 5.92 Å². The molecule has 0 amide bonds. The van der Waals surface area contributed by atoms with Gasteiger partial charge in [-0.25, -0.2) is 9.59 Å². The van der Waals surface area contributed by atoms with E-state index in [1.807, 2.05) is 0 Å². The van der Waals surface area contributed by atoms with Gasteiger partial charge in [-0.1, -0.05) is 57.6 Å². The third-order valence-electron chi connectivity index (χ3n) is 6.88. The summed E-state index contributed by atoms with van der Waals surface area (Å²) in [4.78, 5) is 24.6. The van der Waals surface area contributed by atoms with Gasteiger partial charge in [0.15, 0.2) is 0 Å². The Morgan fingerprint density at radius 1 is 0.944 bits per heavy atom. The van der Waals surface area contributed by atoms with Crippen LogP contribution < -0.4 is 11.5 Å². The van der Waals surface area contributed by atoms with Crippen LogP contribution >= 0.6 is 0 Å². The molecule has 1 aliphatic carbocycles. The molecule has 3 rings (SSSR count). The Bertz CT molecular complexity index is 1010. The van der Waals surface area contributed by atoms with Crippen LogP contribution in [-0.4, -0.2) is 18.0 Å². The first-order valence-corrected chi connectivity index (χ1v) is 13.2. The fourth-order valence-corrected chi connectivity index (χ4v) is 4.64. The van der Waals surface area contributed by atoms with E-state index in [1.54, 1.807) is 48.5 Å². The predicted octanol–water partition coefficient (Wildman–Crippen LogP) is 6.68. The van der Waals surface area contributed by atoms with Crippen LogP contribution in [0.1, 0.15) is 92.6 Å². The summed E-state index contributed by atoms with van der Waals surface area (Å²) in [5.41, 5.74) is 14.7. The molecular weight excluding hydrogens is 452 g/mol. The molecule has 4 N–H and O–H groups in total. The predicted molar refractivity (Wildman–Crippen MR) is 145 cm³/mol. The smallest absolute Gasteiger partial charge is 0.338 e. The SMILES string of the molecule is CCCCCCCC1CCC(OC(=O)c2ccc(C=CC(=O)OCc3cc(N)ccc3N)cc2)CC1. The maximum atomic E-state index is 12.6. The molecule has 0 radical (unpaired) electrons. The Morgan fingerprint density at radius 3 is 2.39 bits per heavy atom. The lowest BCUT2D eigenvalue weighted by Gasteiger charge is -2.28. The molecule has 6 heteroatoms. The summed E-state index contributed by atoms with van der Waals surface area (Å²) >= 11 is 0. The Kier molecular flexibility index (Phi) is 10.9. The van der Waals surface area contributed by atoms with Crippen molar-refractivity contribution in [1.29, 1.82) is 0 Å². The highest BCUT2D eigenvalue weighted by atomic mass is 16.5. The van der Waals surface area contributed by atoms with Crippen molar-refractivity contribution in [1.82, 2.24) is 0 Å². The molecule has 36 heavy (non-hydrogen) atoms. The summed E-state index contributed by atoms with van der Waals surface area (Å²) in [6.07, 6.45) is 15.2. The van der Waals surface area contributed by atoms with E-state index >= 15 is 0 Å². The molecule has 0 aliphatic heterocycles. The van der Waals surface area contributed by atoms with Crippen LogP contribution in [0.2, 0.25) is 0 Å². The molecule has 2 aromatic rings. The third-order valence-corrected chi connectivity index (χ3v) is 6.88. The average molecular weight is 493 g/mol. The number of rotatable bonds is 12. The van der Waals surface area contributed by atoms with Crippen molar-refractivity contribution in [2.75, 3.05) is 11.5 Å². The molecule has 2 aromatic carbocycles.